The van der Waals surface area contributed by atoms with Gasteiger partial charge < -0.3 is 10.1 Å². The minimum absolute atomic E-state index is 0.00959. The Bertz CT molecular complexity index is 442. The van der Waals surface area contributed by atoms with Crippen LogP contribution < -0.4 is 5.32 Å². The van der Waals surface area contributed by atoms with Crippen molar-refractivity contribution >= 4 is 15.7 Å². The molecule has 2 heterocycles. The molecule has 102 valence electrons. The molecule has 6 nitrogen and oxygen atoms in total. The minimum Gasteiger partial charge on any atom is -0.377 e. The van der Waals surface area contributed by atoms with Crippen molar-refractivity contribution in [2.24, 2.45) is 0 Å². The molecule has 0 aromatic carbocycles. The molecule has 0 aliphatic carbocycles. The van der Waals surface area contributed by atoms with Crippen LogP contribution in [-0.2, 0) is 19.4 Å². The highest BCUT2D eigenvalue weighted by Gasteiger charge is 2.45. The van der Waals surface area contributed by atoms with Crippen molar-refractivity contribution in [1.29, 1.82) is 0 Å². The van der Waals surface area contributed by atoms with Gasteiger partial charge in [0.05, 0.1) is 24.5 Å². The number of sulfone groups is 1. The van der Waals surface area contributed by atoms with Crippen molar-refractivity contribution in [3.8, 4) is 0 Å². The molecule has 0 saturated carbocycles. The van der Waals surface area contributed by atoms with Crippen LogP contribution in [0.1, 0.15) is 6.42 Å². The molecule has 0 unspecified atom stereocenters. The molecule has 2 fully saturated rings. The fraction of sp³-hybridized carbons (Fsp3) is 0.727. The Morgan fingerprint density at radius 2 is 2.22 bits per heavy atom. The minimum atomic E-state index is -3.20. The summed E-state index contributed by atoms with van der Waals surface area (Å²) in [6.07, 6.45) is 0.399. The van der Waals surface area contributed by atoms with Gasteiger partial charge in [-0.05, 0) is 0 Å². The third-order valence-corrected chi connectivity index (χ3v) is 4.79. The lowest BCUT2D eigenvalue weighted by molar-refractivity contribution is -0.133. The van der Waals surface area contributed by atoms with Crippen LogP contribution in [-0.4, -0.2) is 63.4 Å². The fourth-order valence-corrected chi connectivity index (χ4v) is 2.87. The van der Waals surface area contributed by atoms with Crippen LogP contribution in [0.3, 0.4) is 0 Å². The molecule has 0 atom stereocenters. The quantitative estimate of drug-likeness (QED) is 0.721. The van der Waals surface area contributed by atoms with Gasteiger partial charge in [-0.3, -0.25) is 9.69 Å². The molecule has 0 aromatic rings. The average molecular weight is 274 g/mol. The summed E-state index contributed by atoms with van der Waals surface area (Å²) in [6.45, 7) is 5.89. The summed E-state index contributed by atoms with van der Waals surface area (Å²) in [4.78, 5) is 13.5. The van der Waals surface area contributed by atoms with E-state index >= 15 is 0 Å². The van der Waals surface area contributed by atoms with Crippen LogP contribution in [0.15, 0.2) is 12.0 Å². The zero-order chi connectivity index (χ0) is 13.2. The Morgan fingerprint density at radius 3 is 2.78 bits per heavy atom. The Kier molecular flexibility index (Phi) is 3.74. The number of rotatable bonds is 4. The molecule has 2 aliphatic rings. The summed E-state index contributed by atoms with van der Waals surface area (Å²) >= 11 is 0. The Hall–Kier alpha value is -0.920. The van der Waals surface area contributed by atoms with E-state index in [2.05, 4.69) is 16.8 Å². The lowest BCUT2D eigenvalue weighted by Crippen LogP contribution is -2.66. The molecule has 0 bridgehead atoms. The highest BCUT2D eigenvalue weighted by atomic mass is 32.2. The number of hydrogen-bond donors (Lipinski definition) is 1. The van der Waals surface area contributed by atoms with Gasteiger partial charge in [-0.2, -0.15) is 0 Å². The molecule has 1 N–H and O–H groups in total. The summed E-state index contributed by atoms with van der Waals surface area (Å²) in [5, 5.41) is 3.83. The molecule has 18 heavy (non-hydrogen) atoms. The van der Waals surface area contributed by atoms with Gasteiger partial charge in [0, 0.05) is 31.5 Å². The highest BCUT2D eigenvalue weighted by molar-refractivity contribution is 7.94. The summed E-state index contributed by atoms with van der Waals surface area (Å²) in [6, 6.07) is 0. The van der Waals surface area contributed by atoms with Crippen molar-refractivity contribution in [2.75, 3.05) is 38.6 Å². The van der Waals surface area contributed by atoms with Gasteiger partial charge in [-0.15, -0.1) is 0 Å². The van der Waals surface area contributed by atoms with E-state index in [4.69, 9.17) is 4.74 Å². The SMILES string of the molecule is C=CS(=O)(=O)CCN1CCC(=O)NCC12COC2. The maximum atomic E-state index is 11.5. The number of carbonyl (C=O) groups is 1. The van der Waals surface area contributed by atoms with Gasteiger partial charge in [-0.25, -0.2) is 8.42 Å². The van der Waals surface area contributed by atoms with Crippen molar-refractivity contribution in [1.82, 2.24) is 10.2 Å². The molecule has 0 radical (unpaired) electrons. The number of hydrogen-bond acceptors (Lipinski definition) is 5. The van der Waals surface area contributed by atoms with Crippen LogP contribution in [0.25, 0.3) is 0 Å². The zero-order valence-corrected chi connectivity index (χ0v) is 11.0. The predicted octanol–water partition coefficient (Wildman–Crippen LogP) is -0.864. The van der Waals surface area contributed by atoms with Crippen molar-refractivity contribution in [3.05, 3.63) is 12.0 Å². The second-order valence-corrected chi connectivity index (χ2v) is 6.83. The summed E-state index contributed by atoms with van der Waals surface area (Å²) in [7, 11) is -3.20. The van der Waals surface area contributed by atoms with Crippen LogP contribution in [0, 0.1) is 0 Å². The second kappa shape index (κ2) is 4.99. The molecule has 2 rings (SSSR count). The first-order valence-corrected chi connectivity index (χ1v) is 7.64. The molecule has 2 saturated heterocycles. The standard InChI is InChI=1S/C11H18N2O4S/c1-2-18(15,16)6-5-13-4-3-10(14)12-7-11(13)8-17-9-11/h2H,1,3-9H2,(H,12,14). The Morgan fingerprint density at radius 1 is 1.50 bits per heavy atom. The normalized spacial score (nSPS) is 24.1. The van der Waals surface area contributed by atoms with E-state index in [0.717, 1.165) is 5.41 Å². The number of nitrogens with one attached hydrogen (secondary N) is 1. The third-order valence-electron chi connectivity index (χ3n) is 3.54. The molecule has 7 heteroatoms. The van der Waals surface area contributed by atoms with Gasteiger partial charge in [0.1, 0.15) is 0 Å². The Balaban J connectivity index is 2.04. The van der Waals surface area contributed by atoms with Gasteiger partial charge in [-0.1, -0.05) is 6.58 Å². The van der Waals surface area contributed by atoms with Crippen LogP contribution in [0.5, 0.6) is 0 Å². The molecule has 1 amide bonds. The molecule has 1 spiro atoms. The zero-order valence-electron chi connectivity index (χ0n) is 10.2. The molecular weight excluding hydrogens is 256 g/mol. The fourth-order valence-electron chi connectivity index (χ4n) is 2.23. The molecule has 0 aromatic heterocycles. The summed E-state index contributed by atoms with van der Waals surface area (Å²) < 4.78 is 28.1. The number of ether oxygens (including phenoxy) is 1. The van der Waals surface area contributed by atoms with E-state index in [-0.39, 0.29) is 17.2 Å². The van der Waals surface area contributed by atoms with E-state index in [1.165, 1.54) is 0 Å². The predicted molar refractivity (Wildman–Crippen MR) is 66.7 cm³/mol. The van der Waals surface area contributed by atoms with Crippen molar-refractivity contribution < 1.29 is 17.9 Å². The van der Waals surface area contributed by atoms with Crippen LogP contribution >= 0.6 is 0 Å². The largest absolute Gasteiger partial charge is 0.377 e. The van der Waals surface area contributed by atoms with Gasteiger partial charge in [0.25, 0.3) is 0 Å². The maximum absolute atomic E-state index is 11.5. The number of carbonyl (C=O) groups excluding carboxylic acids is 1. The first-order chi connectivity index (χ1) is 8.47. The van der Waals surface area contributed by atoms with Crippen molar-refractivity contribution in [3.63, 3.8) is 0 Å². The topological polar surface area (TPSA) is 75.7 Å². The third kappa shape index (κ3) is 2.73. The highest BCUT2D eigenvalue weighted by Crippen LogP contribution is 2.26. The Labute approximate surface area is 107 Å². The smallest absolute Gasteiger partial charge is 0.221 e. The molecular formula is C11H18N2O4S. The lowest BCUT2D eigenvalue weighted by atomic mass is 9.95. The number of nitrogens with zero attached hydrogens (tertiary/aromatic N) is 1. The van der Waals surface area contributed by atoms with E-state index in [0.29, 0.717) is 39.3 Å². The van der Waals surface area contributed by atoms with E-state index in [1.54, 1.807) is 0 Å². The first-order valence-electron chi connectivity index (χ1n) is 5.92. The van der Waals surface area contributed by atoms with E-state index in [9.17, 15) is 13.2 Å². The van der Waals surface area contributed by atoms with Crippen LogP contribution in [0.2, 0.25) is 0 Å². The second-order valence-electron chi connectivity index (χ2n) is 4.76. The van der Waals surface area contributed by atoms with Crippen molar-refractivity contribution in [2.45, 2.75) is 12.0 Å². The first kappa shape index (κ1) is 13.5. The number of amides is 1. The van der Waals surface area contributed by atoms with Gasteiger partial charge in [0.15, 0.2) is 9.84 Å². The van der Waals surface area contributed by atoms with Gasteiger partial charge in [0.2, 0.25) is 5.91 Å². The average Bonchev–Trinajstić information content (AvgIpc) is 2.46. The maximum Gasteiger partial charge on any atom is 0.221 e. The summed E-state index contributed by atoms with van der Waals surface area (Å²) in [5.74, 6) is 0.0438. The van der Waals surface area contributed by atoms with E-state index in [1.807, 2.05) is 0 Å². The monoisotopic (exact) mass is 274 g/mol. The molecule has 2 aliphatic heterocycles. The van der Waals surface area contributed by atoms with Gasteiger partial charge >= 0.3 is 0 Å². The lowest BCUT2D eigenvalue weighted by Gasteiger charge is -2.48. The van der Waals surface area contributed by atoms with Crippen LogP contribution in [0.4, 0.5) is 0 Å². The van der Waals surface area contributed by atoms with E-state index < -0.39 is 9.84 Å². The summed E-state index contributed by atoms with van der Waals surface area (Å²) in [5.41, 5.74) is -0.219.